The summed E-state index contributed by atoms with van der Waals surface area (Å²) < 4.78 is 0. The highest BCUT2D eigenvalue weighted by atomic mass is 16.2. The van der Waals surface area contributed by atoms with Gasteiger partial charge in [-0.3, -0.25) is 4.79 Å². The van der Waals surface area contributed by atoms with E-state index in [0.29, 0.717) is 12.0 Å². The highest BCUT2D eigenvalue weighted by molar-refractivity contribution is 6.07. The molecule has 0 unspecified atom stereocenters. The van der Waals surface area contributed by atoms with Crippen molar-refractivity contribution < 1.29 is 9.90 Å². The summed E-state index contributed by atoms with van der Waals surface area (Å²) in [6, 6.07) is 7.69. The Hall–Kier alpha value is -1.77. The molecule has 0 spiro atoms. The van der Waals surface area contributed by atoms with Gasteiger partial charge in [0.05, 0.1) is 11.8 Å². The number of carbonyl (C=O) groups is 1. The zero-order valence-electron chi connectivity index (χ0n) is 13.9. The third kappa shape index (κ3) is 5.08. The van der Waals surface area contributed by atoms with Crippen LogP contribution in [0.15, 0.2) is 36.1 Å². The van der Waals surface area contributed by atoms with E-state index in [1.54, 1.807) is 11.9 Å². The highest BCUT2D eigenvalue weighted by Crippen LogP contribution is 2.28. The molecule has 3 heteroatoms. The van der Waals surface area contributed by atoms with Crippen molar-refractivity contribution in [3.63, 3.8) is 0 Å². The second-order valence-corrected chi connectivity index (χ2v) is 3.32. The molecule has 1 aliphatic rings. The van der Waals surface area contributed by atoms with Crippen LogP contribution < -0.4 is 4.90 Å². The largest absolute Gasteiger partial charge is 0.515 e. The number of likely N-dealkylation sites (N-methyl/N-ethyl adjacent to an activating group) is 1. The lowest BCUT2D eigenvalue weighted by Gasteiger charge is -2.26. The molecule has 0 saturated carbocycles. The van der Waals surface area contributed by atoms with Crippen molar-refractivity contribution in [3.8, 4) is 0 Å². The van der Waals surface area contributed by atoms with Crippen LogP contribution in [0.25, 0.3) is 0 Å². The summed E-state index contributed by atoms with van der Waals surface area (Å²) in [5.41, 5.74) is 2.42. The van der Waals surface area contributed by atoms with Crippen LogP contribution in [0.4, 0.5) is 5.69 Å². The second-order valence-electron chi connectivity index (χ2n) is 3.32. The summed E-state index contributed by atoms with van der Waals surface area (Å²) in [7, 11) is 1.71. The fourth-order valence-corrected chi connectivity index (χ4v) is 1.69. The van der Waals surface area contributed by atoms with Crippen molar-refractivity contribution in [2.24, 2.45) is 0 Å². The number of amides is 1. The van der Waals surface area contributed by atoms with Gasteiger partial charge in [0, 0.05) is 19.2 Å². The van der Waals surface area contributed by atoms with Crippen LogP contribution in [0, 0.1) is 0 Å². The van der Waals surface area contributed by atoms with Crippen LogP contribution in [0.3, 0.4) is 0 Å². The fourth-order valence-electron chi connectivity index (χ4n) is 1.69. The Morgan fingerprint density at radius 1 is 1.05 bits per heavy atom. The van der Waals surface area contributed by atoms with E-state index >= 15 is 0 Å². The summed E-state index contributed by atoms with van der Waals surface area (Å²) in [5, 5.41) is 8.90. The Morgan fingerprint density at radius 3 is 2.05 bits per heavy atom. The van der Waals surface area contributed by atoms with Gasteiger partial charge >= 0.3 is 0 Å². The van der Waals surface area contributed by atoms with Gasteiger partial charge in [-0.15, -0.1) is 0 Å². The summed E-state index contributed by atoms with van der Waals surface area (Å²) in [6.45, 7) is 12.0. The number of hydrogen-bond donors (Lipinski definition) is 1. The minimum atomic E-state index is -0.133. The molecule has 1 aliphatic heterocycles. The number of anilines is 1. The average Bonchev–Trinajstić information content (AvgIpc) is 2.56. The molecule has 1 heterocycles. The summed E-state index contributed by atoms with van der Waals surface area (Å²) in [6.07, 6.45) is 1.41. The molecule has 1 amide bonds. The molecule has 0 saturated heterocycles. The number of aliphatic hydroxyl groups is 1. The molecule has 0 aliphatic carbocycles. The number of hydrogen-bond acceptors (Lipinski definition) is 2. The van der Waals surface area contributed by atoms with Gasteiger partial charge in [0.15, 0.2) is 0 Å². The molecule has 3 nitrogen and oxygen atoms in total. The summed E-state index contributed by atoms with van der Waals surface area (Å²) in [4.78, 5) is 13.2. The quantitative estimate of drug-likeness (QED) is 0.551. The summed E-state index contributed by atoms with van der Waals surface area (Å²) >= 11 is 0. The van der Waals surface area contributed by atoms with Crippen LogP contribution in [-0.2, 0) is 11.2 Å². The van der Waals surface area contributed by atoms with Crippen LogP contribution >= 0.6 is 0 Å². The number of nitrogens with zero attached hydrogens (tertiary/aromatic N) is 1. The van der Waals surface area contributed by atoms with Crippen molar-refractivity contribution >= 4 is 11.6 Å². The fraction of sp³-hybridized carbons (Fsp3) is 0.471. The predicted octanol–water partition coefficient (Wildman–Crippen LogP) is 4.73. The molecule has 0 aromatic heterocycles. The molecule has 1 aromatic carbocycles. The number of rotatable bonds is 0. The molecular weight excluding hydrogens is 250 g/mol. The van der Waals surface area contributed by atoms with Gasteiger partial charge < -0.3 is 10.0 Å². The Balaban J connectivity index is 0. The molecule has 0 radical (unpaired) electrons. The third-order valence-electron chi connectivity index (χ3n) is 2.47. The zero-order chi connectivity index (χ0) is 16.1. The van der Waals surface area contributed by atoms with E-state index < -0.39 is 0 Å². The highest BCUT2D eigenvalue weighted by Gasteiger charge is 2.24. The molecule has 0 fully saturated rings. The molecule has 20 heavy (non-hydrogen) atoms. The summed E-state index contributed by atoms with van der Waals surface area (Å²) in [5.74, 6) is -0.133. The third-order valence-corrected chi connectivity index (χ3v) is 2.47. The van der Waals surface area contributed by atoms with Crippen molar-refractivity contribution in [1.29, 1.82) is 0 Å². The minimum absolute atomic E-state index is 0.133. The van der Waals surface area contributed by atoms with Crippen molar-refractivity contribution in [3.05, 3.63) is 41.7 Å². The van der Waals surface area contributed by atoms with Crippen LogP contribution in [-0.4, -0.2) is 18.1 Å². The lowest BCUT2D eigenvalue weighted by atomic mass is 9.98. The maximum atomic E-state index is 11.6. The molecule has 114 valence electrons. The van der Waals surface area contributed by atoms with Gasteiger partial charge in [-0.1, -0.05) is 59.7 Å². The first kappa shape index (κ1) is 20.5. The minimum Gasteiger partial charge on any atom is -0.515 e. The molecule has 0 bridgehead atoms. The van der Waals surface area contributed by atoms with E-state index in [-0.39, 0.29) is 5.91 Å². The SMILES string of the molecule is CC.CC.CC.CN1C(=O)/C(=C\O)Cc2ccccc21. The lowest BCUT2D eigenvalue weighted by molar-refractivity contribution is -0.115. The van der Waals surface area contributed by atoms with E-state index in [4.69, 9.17) is 5.11 Å². The van der Waals surface area contributed by atoms with Gasteiger partial charge in [-0.05, 0) is 11.6 Å². The van der Waals surface area contributed by atoms with Crippen molar-refractivity contribution in [1.82, 2.24) is 0 Å². The first-order valence-corrected chi connectivity index (χ1v) is 7.43. The Kier molecular flexibility index (Phi) is 12.6. The molecule has 1 aromatic rings. The van der Waals surface area contributed by atoms with Crippen molar-refractivity contribution in [2.75, 3.05) is 11.9 Å². The standard InChI is InChI=1S/C11H11NO2.3C2H6/c1-12-10-5-3-2-4-8(10)6-9(7-13)11(12)14;3*1-2/h2-5,7,13H,6H2,1H3;3*1-2H3/b9-7-;;;. The molecule has 2 rings (SSSR count). The van der Waals surface area contributed by atoms with Gasteiger partial charge in [-0.2, -0.15) is 0 Å². The Morgan fingerprint density at radius 2 is 1.55 bits per heavy atom. The van der Waals surface area contributed by atoms with E-state index in [1.165, 1.54) is 0 Å². The molecule has 0 atom stereocenters. The second kappa shape index (κ2) is 12.3. The maximum absolute atomic E-state index is 11.6. The van der Waals surface area contributed by atoms with E-state index in [0.717, 1.165) is 17.5 Å². The monoisotopic (exact) mass is 279 g/mol. The lowest BCUT2D eigenvalue weighted by Crippen LogP contribution is -2.33. The maximum Gasteiger partial charge on any atom is 0.257 e. The first-order valence-electron chi connectivity index (χ1n) is 7.43. The topological polar surface area (TPSA) is 40.5 Å². The van der Waals surface area contributed by atoms with Crippen LogP contribution in [0.2, 0.25) is 0 Å². The first-order chi connectivity index (χ1) is 9.74. The van der Waals surface area contributed by atoms with Gasteiger partial charge in [0.2, 0.25) is 0 Å². The number of fused-ring (bicyclic) bond motifs is 1. The predicted molar refractivity (Wildman–Crippen MR) is 88.3 cm³/mol. The van der Waals surface area contributed by atoms with E-state index in [9.17, 15) is 4.79 Å². The van der Waals surface area contributed by atoms with E-state index in [2.05, 4.69) is 0 Å². The number of carbonyl (C=O) groups excluding carboxylic acids is 1. The molecular formula is C17H29NO2. The van der Waals surface area contributed by atoms with Crippen LogP contribution in [0.1, 0.15) is 47.1 Å². The van der Waals surface area contributed by atoms with Gasteiger partial charge in [0.1, 0.15) is 0 Å². The van der Waals surface area contributed by atoms with E-state index in [1.807, 2.05) is 65.8 Å². The van der Waals surface area contributed by atoms with Crippen molar-refractivity contribution in [2.45, 2.75) is 48.0 Å². The normalized spacial score (nSPS) is 13.8. The number of para-hydroxylation sites is 1. The van der Waals surface area contributed by atoms with Gasteiger partial charge in [0.25, 0.3) is 5.91 Å². The van der Waals surface area contributed by atoms with Crippen LogP contribution in [0.5, 0.6) is 0 Å². The number of benzene rings is 1. The Bertz CT molecular complexity index is 411. The Labute approximate surface area is 123 Å². The zero-order valence-corrected chi connectivity index (χ0v) is 13.9. The smallest absolute Gasteiger partial charge is 0.257 e. The average molecular weight is 279 g/mol. The molecule has 1 N–H and O–H groups in total. The number of aliphatic hydroxyl groups excluding tert-OH is 1. The van der Waals surface area contributed by atoms with Gasteiger partial charge in [-0.25, -0.2) is 0 Å².